The molecule has 0 amide bonds. The van der Waals surface area contributed by atoms with Gasteiger partial charge in [-0.2, -0.15) is 0 Å². The Balaban J connectivity index is 2.46. The Morgan fingerprint density at radius 2 is 1.63 bits per heavy atom. The van der Waals surface area contributed by atoms with Crippen molar-refractivity contribution in [1.82, 2.24) is 9.97 Å². The highest BCUT2D eigenvalue weighted by Crippen LogP contribution is 2.33. The molecule has 100 valence electrons. The van der Waals surface area contributed by atoms with Crippen LogP contribution in [0, 0.1) is 0 Å². The molecule has 0 bridgehead atoms. The minimum atomic E-state index is -3.95. The van der Waals surface area contributed by atoms with Crippen molar-refractivity contribution in [2.45, 2.75) is 4.90 Å². The van der Waals surface area contributed by atoms with Gasteiger partial charge in [0.05, 0.1) is 10.0 Å². The Labute approximate surface area is 128 Å². The van der Waals surface area contributed by atoms with Gasteiger partial charge in [-0.15, -0.1) is 0 Å². The number of halogens is 3. The maximum Gasteiger partial charge on any atom is 0.267 e. The number of hydrogen-bond donors (Lipinski definition) is 1. The third kappa shape index (κ3) is 3.36. The predicted octanol–water partition coefficient (Wildman–Crippen LogP) is 3.35. The molecule has 0 aliphatic carbocycles. The van der Waals surface area contributed by atoms with Crippen LogP contribution in [0.15, 0.2) is 40.0 Å². The van der Waals surface area contributed by atoms with Gasteiger partial charge in [0.25, 0.3) is 10.0 Å². The molecule has 0 aliphatic rings. The van der Waals surface area contributed by atoms with E-state index in [1.807, 2.05) is 0 Å². The third-order valence-electron chi connectivity index (χ3n) is 2.02. The first-order valence-electron chi connectivity index (χ1n) is 4.84. The lowest BCUT2D eigenvalue weighted by Crippen LogP contribution is -2.15. The van der Waals surface area contributed by atoms with Gasteiger partial charge in [0, 0.05) is 16.9 Å². The molecule has 1 aromatic heterocycles. The van der Waals surface area contributed by atoms with Crippen molar-refractivity contribution in [3.8, 4) is 0 Å². The summed E-state index contributed by atoms with van der Waals surface area (Å²) in [6, 6.07) is 4.44. The van der Waals surface area contributed by atoms with Crippen molar-refractivity contribution in [2.75, 3.05) is 4.72 Å². The highest BCUT2D eigenvalue weighted by molar-refractivity contribution is 9.10. The van der Waals surface area contributed by atoms with E-state index >= 15 is 0 Å². The second kappa shape index (κ2) is 5.62. The van der Waals surface area contributed by atoms with Gasteiger partial charge in [-0.1, -0.05) is 39.1 Å². The molecule has 0 spiro atoms. The van der Waals surface area contributed by atoms with Crippen molar-refractivity contribution >= 4 is 55.1 Å². The maximum absolute atomic E-state index is 12.2. The molecule has 1 heterocycles. The normalized spacial score (nSPS) is 11.3. The summed E-state index contributed by atoms with van der Waals surface area (Å²) in [6.45, 7) is 0. The molecule has 5 nitrogen and oxygen atoms in total. The fourth-order valence-corrected chi connectivity index (χ4v) is 4.21. The zero-order valence-electron chi connectivity index (χ0n) is 9.14. The lowest BCUT2D eigenvalue weighted by molar-refractivity contribution is 0.601. The van der Waals surface area contributed by atoms with E-state index in [0.717, 1.165) is 0 Å². The van der Waals surface area contributed by atoms with Gasteiger partial charge in [-0.3, -0.25) is 0 Å². The van der Waals surface area contributed by atoms with E-state index < -0.39 is 10.0 Å². The number of hydrogen-bond acceptors (Lipinski definition) is 4. The highest BCUT2D eigenvalue weighted by atomic mass is 79.9. The topological polar surface area (TPSA) is 72.0 Å². The van der Waals surface area contributed by atoms with E-state index in [1.165, 1.54) is 24.5 Å². The molecule has 0 radical (unpaired) electrons. The number of anilines is 1. The van der Waals surface area contributed by atoms with E-state index in [9.17, 15) is 8.42 Å². The molecule has 0 atom stereocenters. The fourth-order valence-electron chi connectivity index (χ4n) is 1.31. The van der Waals surface area contributed by atoms with Gasteiger partial charge in [-0.05, 0) is 18.2 Å². The summed E-state index contributed by atoms with van der Waals surface area (Å²) in [5.41, 5.74) is 0. The Morgan fingerprint density at radius 3 is 2.16 bits per heavy atom. The monoisotopic (exact) mass is 381 g/mol. The van der Waals surface area contributed by atoms with Gasteiger partial charge < -0.3 is 0 Å². The number of nitrogens with zero attached hydrogens (tertiary/aromatic N) is 2. The third-order valence-corrected chi connectivity index (χ3v) is 4.73. The number of aromatic nitrogens is 2. The lowest BCUT2D eigenvalue weighted by atomic mass is 10.4. The molecular weight excluding hydrogens is 377 g/mol. The summed E-state index contributed by atoms with van der Waals surface area (Å²) in [4.78, 5) is 7.32. The molecule has 2 aromatic rings. The zero-order valence-corrected chi connectivity index (χ0v) is 13.1. The Kier molecular flexibility index (Phi) is 4.29. The first-order valence-corrected chi connectivity index (χ1v) is 7.88. The summed E-state index contributed by atoms with van der Waals surface area (Å²) in [6.07, 6.45) is 2.82. The molecule has 0 saturated carbocycles. The molecular formula is C10H6BrCl2N3O2S. The van der Waals surface area contributed by atoms with Crippen LogP contribution in [0.3, 0.4) is 0 Å². The first-order chi connectivity index (χ1) is 8.90. The highest BCUT2D eigenvalue weighted by Gasteiger charge is 2.23. The molecule has 0 saturated heterocycles. The van der Waals surface area contributed by atoms with Gasteiger partial charge in [0.1, 0.15) is 4.90 Å². The van der Waals surface area contributed by atoms with Gasteiger partial charge in [-0.25, -0.2) is 23.1 Å². The molecule has 2 rings (SSSR count). The van der Waals surface area contributed by atoms with Crippen LogP contribution in [0.4, 0.5) is 5.95 Å². The molecule has 1 aromatic carbocycles. The smallest absolute Gasteiger partial charge is 0.247 e. The van der Waals surface area contributed by atoms with Gasteiger partial charge >= 0.3 is 0 Å². The van der Waals surface area contributed by atoms with Crippen LogP contribution >= 0.6 is 39.1 Å². The standard InChI is InChI=1S/C10H6BrCl2N3O2S/c11-6-4-7(12)9(8(13)5-6)19(17,18)16-10-14-2-1-3-15-10/h1-5H,(H,14,15,16). The summed E-state index contributed by atoms with van der Waals surface area (Å²) in [5, 5.41) is 0.00520. The van der Waals surface area contributed by atoms with Gasteiger partial charge in [0.15, 0.2) is 0 Å². The number of nitrogens with one attached hydrogen (secondary N) is 1. The van der Waals surface area contributed by atoms with E-state index in [4.69, 9.17) is 23.2 Å². The Hall–Kier alpha value is -0.890. The molecule has 1 N–H and O–H groups in total. The number of benzene rings is 1. The molecule has 9 heteroatoms. The van der Waals surface area contributed by atoms with Crippen molar-refractivity contribution < 1.29 is 8.42 Å². The number of sulfonamides is 1. The summed E-state index contributed by atoms with van der Waals surface area (Å²) >= 11 is 15.0. The SMILES string of the molecule is O=S(=O)(Nc1ncccn1)c1c(Cl)cc(Br)cc1Cl. The van der Waals surface area contributed by atoms with E-state index in [1.54, 1.807) is 6.07 Å². The van der Waals surface area contributed by atoms with Crippen LogP contribution in [-0.4, -0.2) is 18.4 Å². The van der Waals surface area contributed by atoms with Crippen molar-refractivity contribution in [3.63, 3.8) is 0 Å². The zero-order chi connectivity index (χ0) is 14.0. The number of rotatable bonds is 3. The van der Waals surface area contributed by atoms with Crippen molar-refractivity contribution in [1.29, 1.82) is 0 Å². The molecule has 0 fully saturated rings. The quantitative estimate of drug-likeness (QED) is 0.883. The van der Waals surface area contributed by atoms with Crippen LogP contribution in [0.5, 0.6) is 0 Å². The molecule has 0 aliphatic heterocycles. The average Bonchev–Trinajstić information content (AvgIpc) is 2.27. The van der Waals surface area contributed by atoms with E-state index in [2.05, 4.69) is 30.6 Å². The van der Waals surface area contributed by atoms with Crippen LogP contribution in [0.2, 0.25) is 10.0 Å². The van der Waals surface area contributed by atoms with E-state index in [-0.39, 0.29) is 20.9 Å². The average molecular weight is 383 g/mol. The summed E-state index contributed by atoms with van der Waals surface area (Å²) < 4.78 is 27.1. The lowest BCUT2D eigenvalue weighted by Gasteiger charge is -2.10. The molecule has 19 heavy (non-hydrogen) atoms. The second-order valence-corrected chi connectivity index (χ2v) is 6.73. The second-order valence-electron chi connectivity index (χ2n) is 3.38. The predicted molar refractivity (Wildman–Crippen MR) is 77.0 cm³/mol. The summed E-state index contributed by atoms with van der Waals surface area (Å²) in [7, 11) is -3.95. The maximum atomic E-state index is 12.2. The van der Waals surface area contributed by atoms with Gasteiger partial charge in [0.2, 0.25) is 5.95 Å². The Bertz CT molecular complexity index is 687. The van der Waals surface area contributed by atoms with E-state index in [0.29, 0.717) is 4.47 Å². The summed E-state index contributed by atoms with van der Waals surface area (Å²) in [5.74, 6) is -0.0578. The first kappa shape index (κ1) is 14.5. The van der Waals surface area contributed by atoms with Crippen molar-refractivity contribution in [3.05, 3.63) is 45.1 Å². The molecule has 0 unspecified atom stereocenters. The fraction of sp³-hybridized carbons (Fsp3) is 0. The van der Waals surface area contributed by atoms with Crippen molar-refractivity contribution in [2.24, 2.45) is 0 Å². The van der Waals surface area contributed by atoms with Crippen LogP contribution in [0.25, 0.3) is 0 Å². The van der Waals surface area contributed by atoms with Crippen LogP contribution in [-0.2, 0) is 10.0 Å². The van der Waals surface area contributed by atoms with Crippen LogP contribution < -0.4 is 4.72 Å². The Morgan fingerprint density at radius 1 is 1.11 bits per heavy atom. The van der Waals surface area contributed by atoms with Crippen LogP contribution in [0.1, 0.15) is 0 Å². The minimum absolute atomic E-state index is 0.00260. The largest absolute Gasteiger partial charge is 0.267 e. The minimum Gasteiger partial charge on any atom is -0.247 e.